The number of fused-ring (bicyclic) bond motifs is 5. The highest BCUT2D eigenvalue weighted by molar-refractivity contribution is 5.83. The molecular weight excluding hydrogens is 358 g/mol. The van der Waals surface area contributed by atoms with E-state index in [-0.39, 0.29) is 0 Å². The van der Waals surface area contributed by atoms with Crippen LogP contribution in [0.25, 0.3) is 27.8 Å². The summed E-state index contributed by atoms with van der Waals surface area (Å²) in [5.74, 6) is 1.92. The number of aromatic nitrogens is 4. The Kier molecular flexibility index (Phi) is 3.30. The average molecular weight is 383 g/mol. The van der Waals surface area contributed by atoms with E-state index in [0.717, 1.165) is 17.2 Å². The normalized spacial score (nSPS) is 24.7. The van der Waals surface area contributed by atoms with E-state index in [4.69, 9.17) is 4.98 Å². The third-order valence-corrected chi connectivity index (χ3v) is 7.51. The van der Waals surface area contributed by atoms with E-state index in [2.05, 4.69) is 55.4 Å². The van der Waals surface area contributed by atoms with Gasteiger partial charge in [0.25, 0.3) is 0 Å². The topological polar surface area (TPSA) is 38.4 Å². The molecule has 29 heavy (non-hydrogen) atoms. The van der Waals surface area contributed by atoms with E-state index in [1.165, 1.54) is 67.7 Å². The average Bonchev–Trinajstić information content (AvgIpc) is 3.23. The van der Waals surface area contributed by atoms with Gasteiger partial charge in [0.2, 0.25) is 0 Å². The molecule has 1 aliphatic carbocycles. The molecule has 3 aliphatic heterocycles. The van der Waals surface area contributed by atoms with E-state index in [1.807, 2.05) is 12.4 Å². The SMILES string of the molecule is c1cn2cc(-c3ccc4c(c3)nc3n4C4CCC3CN(C3CCC3)C4)ccc2n1. The smallest absolute Gasteiger partial charge is 0.136 e. The van der Waals surface area contributed by atoms with Crippen molar-refractivity contribution in [1.82, 2.24) is 23.8 Å². The summed E-state index contributed by atoms with van der Waals surface area (Å²) in [7, 11) is 0. The number of hydrogen-bond donors (Lipinski definition) is 0. The molecule has 5 heteroatoms. The second-order valence-corrected chi connectivity index (χ2v) is 9.12. The van der Waals surface area contributed by atoms with E-state index in [0.29, 0.717) is 12.0 Å². The van der Waals surface area contributed by atoms with Gasteiger partial charge in [-0.1, -0.05) is 12.5 Å². The van der Waals surface area contributed by atoms with Crippen LogP contribution in [0, 0.1) is 0 Å². The van der Waals surface area contributed by atoms with Gasteiger partial charge in [-0.25, -0.2) is 9.97 Å². The molecule has 146 valence electrons. The highest BCUT2D eigenvalue weighted by Gasteiger charge is 2.39. The fourth-order valence-electron chi connectivity index (χ4n) is 5.74. The lowest BCUT2D eigenvalue weighted by Gasteiger charge is -2.37. The summed E-state index contributed by atoms with van der Waals surface area (Å²) in [5.41, 5.74) is 5.88. The largest absolute Gasteiger partial charge is 0.323 e. The standard InChI is InChI=1S/C24H25N5/c1-2-19(3-1)28-14-18-4-7-20(15-28)29-22-8-5-16(12-21(22)26-24(18)29)17-6-9-23-25-10-11-27(23)13-17/h5-6,8-13,18-20H,1-4,7,14-15H2. The first-order valence-electron chi connectivity index (χ1n) is 11.0. The zero-order valence-electron chi connectivity index (χ0n) is 16.5. The number of imidazole rings is 2. The predicted octanol–water partition coefficient (Wildman–Crippen LogP) is 4.64. The first-order chi connectivity index (χ1) is 14.3. The van der Waals surface area contributed by atoms with Crippen molar-refractivity contribution in [3.63, 3.8) is 0 Å². The third kappa shape index (κ3) is 2.37. The molecule has 3 aromatic heterocycles. The van der Waals surface area contributed by atoms with Gasteiger partial charge in [0.1, 0.15) is 11.5 Å². The lowest BCUT2D eigenvalue weighted by atomic mass is 9.91. The van der Waals surface area contributed by atoms with E-state index < -0.39 is 0 Å². The van der Waals surface area contributed by atoms with Crippen LogP contribution in [0.1, 0.15) is 49.9 Å². The summed E-state index contributed by atoms with van der Waals surface area (Å²) in [6, 6.07) is 12.5. The van der Waals surface area contributed by atoms with Gasteiger partial charge in [0.15, 0.2) is 0 Å². The van der Waals surface area contributed by atoms with Crippen LogP contribution >= 0.6 is 0 Å². The molecule has 4 aromatic rings. The molecule has 2 unspecified atom stereocenters. The van der Waals surface area contributed by atoms with Gasteiger partial charge < -0.3 is 8.97 Å². The van der Waals surface area contributed by atoms with Gasteiger partial charge in [-0.2, -0.15) is 0 Å². The van der Waals surface area contributed by atoms with Gasteiger partial charge >= 0.3 is 0 Å². The molecule has 4 aliphatic rings. The Morgan fingerprint density at radius 1 is 0.897 bits per heavy atom. The molecule has 2 atom stereocenters. The van der Waals surface area contributed by atoms with Crippen molar-refractivity contribution in [3.8, 4) is 11.1 Å². The molecule has 2 fully saturated rings. The van der Waals surface area contributed by atoms with Crippen molar-refractivity contribution >= 4 is 16.7 Å². The van der Waals surface area contributed by atoms with Crippen LogP contribution in [0.3, 0.4) is 0 Å². The fraction of sp³-hybridized carbons (Fsp3) is 0.417. The summed E-state index contributed by atoms with van der Waals surface area (Å²) < 4.78 is 4.67. The van der Waals surface area contributed by atoms with Crippen LogP contribution in [0.2, 0.25) is 0 Å². The zero-order chi connectivity index (χ0) is 18.9. The van der Waals surface area contributed by atoms with E-state index >= 15 is 0 Å². The minimum Gasteiger partial charge on any atom is -0.323 e. The molecule has 1 saturated heterocycles. The monoisotopic (exact) mass is 383 g/mol. The minimum atomic E-state index is 0.586. The molecule has 0 amide bonds. The maximum absolute atomic E-state index is 5.19. The Bertz CT molecular complexity index is 1230. The Labute approximate surface area is 170 Å². The molecule has 0 N–H and O–H groups in total. The molecule has 1 saturated carbocycles. The quantitative estimate of drug-likeness (QED) is 0.506. The molecule has 0 spiro atoms. The lowest BCUT2D eigenvalue weighted by Crippen LogP contribution is -2.42. The van der Waals surface area contributed by atoms with Gasteiger partial charge in [-0.15, -0.1) is 0 Å². The Morgan fingerprint density at radius 3 is 2.72 bits per heavy atom. The van der Waals surface area contributed by atoms with Crippen LogP contribution in [0.15, 0.2) is 48.9 Å². The van der Waals surface area contributed by atoms with Crippen molar-refractivity contribution in [2.24, 2.45) is 0 Å². The minimum absolute atomic E-state index is 0.586. The van der Waals surface area contributed by atoms with Crippen LogP contribution in [0.5, 0.6) is 0 Å². The highest BCUT2D eigenvalue weighted by atomic mass is 15.3. The third-order valence-electron chi connectivity index (χ3n) is 7.51. The molecule has 5 nitrogen and oxygen atoms in total. The van der Waals surface area contributed by atoms with Gasteiger partial charge in [-0.05, 0) is 61.1 Å². The number of nitrogens with zero attached hydrogens (tertiary/aromatic N) is 5. The van der Waals surface area contributed by atoms with Gasteiger partial charge in [-0.3, -0.25) is 4.90 Å². The highest BCUT2D eigenvalue weighted by Crippen LogP contribution is 2.43. The van der Waals surface area contributed by atoms with Crippen molar-refractivity contribution < 1.29 is 0 Å². The Balaban J connectivity index is 1.31. The second kappa shape index (κ2) is 5.92. The molecule has 6 heterocycles. The maximum Gasteiger partial charge on any atom is 0.136 e. The van der Waals surface area contributed by atoms with Gasteiger partial charge in [0.05, 0.1) is 11.0 Å². The first-order valence-corrected chi connectivity index (χ1v) is 11.0. The summed E-state index contributed by atoms with van der Waals surface area (Å²) in [4.78, 5) is 12.3. The summed E-state index contributed by atoms with van der Waals surface area (Å²) in [6.45, 7) is 2.41. The number of pyridine rings is 1. The number of hydrogen-bond acceptors (Lipinski definition) is 3. The molecule has 0 radical (unpaired) electrons. The Morgan fingerprint density at radius 2 is 1.83 bits per heavy atom. The van der Waals surface area contributed by atoms with Crippen molar-refractivity contribution in [2.75, 3.05) is 13.1 Å². The summed E-state index contributed by atoms with van der Waals surface area (Å²) in [5, 5.41) is 0. The second-order valence-electron chi connectivity index (χ2n) is 9.12. The number of benzene rings is 1. The fourth-order valence-corrected chi connectivity index (χ4v) is 5.74. The van der Waals surface area contributed by atoms with E-state index in [1.54, 1.807) is 0 Å². The van der Waals surface area contributed by atoms with Crippen molar-refractivity contribution in [3.05, 3.63) is 54.7 Å². The van der Waals surface area contributed by atoms with Crippen LogP contribution in [-0.2, 0) is 0 Å². The Hall–Kier alpha value is -2.66. The van der Waals surface area contributed by atoms with Crippen LogP contribution in [0.4, 0.5) is 0 Å². The molecule has 1 aromatic carbocycles. The van der Waals surface area contributed by atoms with E-state index in [9.17, 15) is 0 Å². The predicted molar refractivity (Wildman–Crippen MR) is 114 cm³/mol. The lowest BCUT2D eigenvalue weighted by molar-refractivity contribution is 0.121. The summed E-state index contributed by atoms with van der Waals surface area (Å²) >= 11 is 0. The maximum atomic E-state index is 5.19. The van der Waals surface area contributed by atoms with Crippen LogP contribution in [-0.4, -0.2) is 43.0 Å². The molecular formula is C24H25N5. The van der Waals surface area contributed by atoms with Crippen molar-refractivity contribution in [1.29, 1.82) is 0 Å². The molecule has 2 bridgehead atoms. The van der Waals surface area contributed by atoms with Crippen molar-refractivity contribution in [2.45, 2.75) is 50.1 Å². The first kappa shape index (κ1) is 16.2. The zero-order valence-corrected chi connectivity index (χ0v) is 16.5. The van der Waals surface area contributed by atoms with Crippen LogP contribution < -0.4 is 0 Å². The summed E-state index contributed by atoms with van der Waals surface area (Å²) in [6.07, 6.45) is 12.8. The molecule has 8 rings (SSSR count). The van der Waals surface area contributed by atoms with Gasteiger partial charge in [0, 0.05) is 49.7 Å². The number of rotatable bonds is 2.